The molecule has 7 heteroatoms. The fourth-order valence-electron chi connectivity index (χ4n) is 2.19. The molecule has 1 saturated heterocycles. The van der Waals surface area contributed by atoms with Crippen LogP contribution < -0.4 is 16.4 Å². The van der Waals surface area contributed by atoms with Crippen LogP contribution in [0.5, 0.6) is 0 Å². The van der Waals surface area contributed by atoms with Crippen LogP contribution in [0.1, 0.15) is 27.2 Å². The minimum absolute atomic E-state index is 0. The average molecular weight is 293 g/mol. The molecule has 1 aliphatic heterocycles. The first kappa shape index (κ1) is 18.1. The molecule has 0 aromatic heterocycles. The van der Waals surface area contributed by atoms with Gasteiger partial charge >= 0.3 is 6.03 Å². The molecule has 1 rings (SSSR count). The summed E-state index contributed by atoms with van der Waals surface area (Å²) < 4.78 is 0. The molecule has 4 N–H and O–H groups in total. The molecule has 6 nitrogen and oxygen atoms in total. The van der Waals surface area contributed by atoms with Gasteiger partial charge in [-0.25, -0.2) is 4.79 Å². The van der Waals surface area contributed by atoms with Crippen LogP contribution in [0, 0.1) is 5.41 Å². The summed E-state index contributed by atoms with van der Waals surface area (Å²) >= 11 is 0. The summed E-state index contributed by atoms with van der Waals surface area (Å²) in [6.07, 6.45) is 0.866. The monoisotopic (exact) mass is 292 g/mol. The van der Waals surface area contributed by atoms with Gasteiger partial charge in [0.05, 0.1) is 6.04 Å². The van der Waals surface area contributed by atoms with Crippen molar-refractivity contribution in [2.75, 3.05) is 20.1 Å². The summed E-state index contributed by atoms with van der Waals surface area (Å²) in [6.45, 7) is 7.56. The van der Waals surface area contributed by atoms with E-state index < -0.39 is 6.03 Å². The molecule has 112 valence electrons. The number of piperidine rings is 1. The lowest BCUT2D eigenvalue weighted by Gasteiger charge is -2.44. The maximum Gasteiger partial charge on any atom is 0.321 e. The largest absolute Gasteiger partial charge is 0.341 e. The second-order valence-electron chi connectivity index (χ2n) is 5.60. The minimum Gasteiger partial charge on any atom is -0.341 e. The summed E-state index contributed by atoms with van der Waals surface area (Å²) in [5.74, 6) is -0.277. The van der Waals surface area contributed by atoms with Gasteiger partial charge in [0.15, 0.2) is 0 Å². The predicted octanol–water partition coefficient (Wildman–Crippen LogP) is 0.311. The zero-order valence-corrected chi connectivity index (χ0v) is 12.8. The Hall–Kier alpha value is -0.850. The van der Waals surface area contributed by atoms with Gasteiger partial charge in [-0.3, -0.25) is 15.0 Å². The molecule has 2 atom stereocenters. The average Bonchev–Trinajstić information content (AvgIpc) is 2.31. The number of hydrogen-bond donors (Lipinski definition) is 3. The predicted molar refractivity (Wildman–Crippen MR) is 77.3 cm³/mol. The summed E-state index contributed by atoms with van der Waals surface area (Å²) in [5.41, 5.74) is 6.05. The van der Waals surface area contributed by atoms with Crippen molar-refractivity contribution in [3.05, 3.63) is 0 Å². The van der Waals surface area contributed by atoms with Gasteiger partial charge in [-0.1, -0.05) is 13.8 Å². The second kappa shape index (κ2) is 7.07. The van der Waals surface area contributed by atoms with Gasteiger partial charge in [0.1, 0.15) is 0 Å². The molecular weight excluding hydrogens is 268 g/mol. The molecule has 0 aliphatic carbocycles. The number of nitrogens with one attached hydrogen (secondary N) is 2. The number of imide groups is 1. The van der Waals surface area contributed by atoms with E-state index in [4.69, 9.17) is 5.73 Å². The quantitative estimate of drug-likeness (QED) is 0.684. The molecule has 1 heterocycles. The molecule has 19 heavy (non-hydrogen) atoms. The Morgan fingerprint density at radius 2 is 2.00 bits per heavy atom. The summed E-state index contributed by atoms with van der Waals surface area (Å²) in [6, 6.07) is -0.642. The third-order valence-electron chi connectivity index (χ3n) is 3.73. The van der Waals surface area contributed by atoms with Crippen LogP contribution in [0.15, 0.2) is 0 Å². The standard InChI is InChI=1S/C12H24N4O2.ClH/c1-8(10(17)15-11(18)14-4)16-6-5-9(13)12(2,3)7-16;/h8-9H,5-7,13H2,1-4H3,(H2,14,15,17,18);1H. The number of nitrogens with zero attached hydrogens (tertiary/aromatic N) is 1. The Balaban J connectivity index is 0.00000324. The number of carbonyl (C=O) groups is 2. The van der Waals surface area contributed by atoms with E-state index >= 15 is 0 Å². The number of carbonyl (C=O) groups excluding carboxylic acids is 2. The van der Waals surface area contributed by atoms with Crippen molar-refractivity contribution in [1.29, 1.82) is 0 Å². The fraction of sp³-hybridized carbons (Fsp3) is 0.833. The SMILES string of the molecule is CNC(=O)NC(=O)C(C)N1CCC(N)C(C)(C)C1.Cl. The number of rotatable bonds is 2. The Bertz CT molecular complexity index is 336. The Morgan fingerprint density at radius 3 is 2.47 bits per heavy atom. The van der Waals surface area contributed by atoms with Gasteiger partial charge in [0, 0.05) is 26.2 Å². The van der Waals surface area contributed by atoms with Crippen molar-refractivity contribution in [1.82, 2.24) is 15.5 Å². The van der Waals surface area contributed by atoms with Crippen molar-refractivity contribution in [2.45, 2.75) is 39.3 Å². The van der Waals surface area contributed by atoms with E-state index in [0.29, 0.717) is 0 Å². The highest BCUT2D eigenvalue weighted by Gasteiger charge is 2.36. The number of amides is 3. The van der Waals surface area contributed by atoms with Crippen LogP contribution in [0.25, 0.3) is 0 Å². The van der Waals surface area contributed by atoms with Gasteiger partial charge in [-0.2, -0.15) is 0 Å². The lowest BCUT2D eigenvalue weighted by molar-refractivity contribution is -0.126. The maximum absolute atomic E-state index is 11.9. The summed E-state index contributed by atoms with van der Waals surface area (Å²) in [5, 5.41) is 4.67. The first-order chi connectivity index (χ1) is 8.27. The maximum atomic E-state index is 11.9. The topological polar surface area (TPSA) is 87.5 Å². The van der Waals surface area contributed by atoms with Gasteiger partial charge < -0.3 is 11.1 Å². The van der Waals surface area contributed by atoms with Crippen molar-refractivity contribution < 1.29 is 9.59 Å². The zero-order chi connectivity index (χ0) is 13.9. The molecule has 3 amide bonds. The van der Waals surface area contributed by atoms with Crippen molar-refractivity contribution in [3.63, 3.8) is 0 Å². The Labute approximate surface area is 120 Å². The van der Waals surface area contributed by atoms with Crippen LogP contribution in [0.3, 0.4) is 0 Å². The van der Waals surface area contributed by atoms with E-state index in [1.165, 1.54) is 7.05 Å². The summed E-state index contributed by atoms with van der Waals surface area (Å²) in [4.78, 5) is 25.0. The van der Waals surface area contributed by atoms with Crippen LogP contribution >= 0.6 is 12.4 Å². The molecule has 2 unspecified atom stereocenters. The normalized spacial score (nSPS) is 23.9. The fourth-order valence-corrected chi connectivity index (χ4v) is 2.19. The molecule has 1 fully saturated rings. The lowest BCUT2D eigenvalue weighted by atomic mass is 9.79. The number of likely N-dealkylation sites (tertiary alicyclic amines) is 1. The molecule has 0 radical (unpaired) electrons. The smallest absolute Gasteiger partial charge is 0.321 e. The first-order valence-electron chi connectivity index (χ1n) is 6.30. The zero-order valence-electron chi connectivity index (χ0n) is 12.0. The summed E-state index contributed by atoms with van der Waals surface area (Å²) in [7, 11) is 1.48. The van der Waals surface area contributed by atoms with Gasteiger partial charge in [-0.05, 0) is 18.8 Å². The highest BCUT2D eigenvalue weighted by Crippen LogP contribution is 2.28. The number of urea groups is 1. The molecule has 0 aromatic carbocycles. The van der Waals surface area contributed by atoms with Crippen LogP contribution in [0.2, 0.25) is 0 Å². The van der Waals surface area contributed by atoms with E-state index in [9.17, 15) is 9.59 Å². The number of hydrogen-bond acceptors (Lipinski definition) is 4. The second-order valence-corrected chi connectivity index (χ2v) is 5.60. The van der Waals surface area contributed by atoms with Crippen molar-refractivity contribution in [2.24, 2.45) is 11.1 Å². The molecule has 0 bridgehead atoms. The van der Waals surface area contributed by atoms with E-state index in [1.54, 1.807) is 0 Å². The number of nitrogens with two attached hydrogens (primary N) is 1. The third kappa shape index (κ3) is 4.63. The van der Waals surface area contributed by atoms with Gasteiger partial charge in [0.25, 0.3) is 0 Å². The van der Waals surface area contributed by atoms with E-state index in [0.717, 1.165) is 19.5 Å². The van der Waals surface area contributed by atoms with E-state index in [-0.39, 0.29) is 35.8 Å². The number of halogens is 1. The van der Waals surface area contributed by atoms with E-state index in [1.807, 2.05) is 6.92 Å². The highest BCUT2D eigenvalue weighted by molar-refractivity contribution is 5.96. The van der Waals surface area contributed by atoms with Gasteiger partial charge in [-0.15, -0.1) is 12.4 Å². The highest BCUT2D eigenvalue weighted by atomic mass is 35.5. The Kier molecular flexibility index (Phi) is 6.76. The van der Waals surface area contributed by atoms with Crippen molar-refractivity contribution >= 4 is 24.3 Å². The minimum atomic E-state index is -0.472. The van der Waals surface area contributed by atoms with Crippen molar-refractivity contribution in [3.8, 4) is 0 Å². The third-order valence-corrected chi connectivity index (χ3v) is 3.73. The first-order valence-corrected chi connectivity index (χ1v) is 6.30. The molecule has 1 aliphatic rings. The van der Waals surface area contributed by atoms with E-state index in [2.05, 4.69) is 29.4 Å². The molecular formula is C12H25ClN4O2. The molecule has 0 spiro atoms. The Morgan fingerprint density at radius 1 is 1.42 bits per heavy atom. The van der Waals surface area contributed by atoms with Crippen LogP contribution in [-0.2, 0) is 4.79 Å². The van der Waals surface area contributed by atoms with Gasteiger partial charge in [0.2, 0.25) is 5.91 Å². The van der Waals surface area contributed by atoms with Crippen LogP contribution in [-0.4, -0.2) is 49.1 Å². The molecule has 0 aromatic rings. The van der Waals surface area contributed by atoms with Crippen LogP contribution in [0.4, 0.5) is 4.79 Å². The lowest BCUT2D eigenvalue weighted by Crippen LogP contribution is -2.58. The molecule has 0 saturated carbocycles.